The maximum atomic E-state index is 13.9. The summed E-state index contributed by atoms with van der Waals surface area (Å²) in [6, 6.07) is 8.08. The highest BCUT2D eigenvalue weighted by Crippen LogP contribution is 2.25. The van der Waals surface area contributed by atoms with Crippen LogP contribution in [0.4, 0.5) is 0 Å². The maximum Gasteiger partial charge on any atom is 0.309 e. The number of hydrogen-bond acceptors (Lipinski definition) is 11. The SMILES string of the molecule is CCCCCCCCC(CCCCCC)C(=O)OCC(COC(=O)CCNC(=O)[C@H](O)C(C)(C)COC(=O)CCc1ccc(CN(C)C)cc1)OC(=O)C(CCCCCC)CCCCCCCC. The Kier molecular flexibility index (Phi) is 36.1. The second kappa shape index (κ2) is 39.2. The smallest absolute Gasteiger partial charge is 0.309 e. The maximum absolute atomic E-state index is 13.9. The third kappa shape index (κ3) is 30.9. The monoisotopic (exact) mass is 959 g/mol. The van der Waals surface area contributed by atoms with Gasteiger partial charge in [0.25, 0.3) is 0 Å². The molecule has 0 aliphatic rings. The van der Waals surface area contributed by atoms with E-state index >= 15 is 0 Å². The molecule has 0 aliphatic heterocycles. The molecule has 0 bridgehead atoms. The predicted octanol–water partition coefficient (Wildman–Crippen LogP) is 11.8. The number of ether oxygens (including phenoxy) is 4. The minimum atomic E-state index is -1.52. The fourth-order valence-corrected chi connectivity index (χ4v) is 8.24. The molecule has 4 atom stereocenters. The van der Waals surface area contributed by atoms with E-state index in [1.807, 2.05) is 38.4 Å². The topological polar surface area (TPSA) is 158 Å². The number of aryl methyl sites for hydroxylation is 1. The van der Waals surface area contributed by atoms with E-state index in [4.69, 9.17) is 18.9 Å². The van der Waals surface area contributed by atoms with Crippen molar-refractivity contribution in [3.05, 3.63) is 35.4 Å². The summed E-state index contributed by atoms with van der Waals surface area (Å²) in [6.07, 6.45) is 22.8. The van der Waals surface area contributed by atoms with Crippen LogP contribution >= 0.6 is 0 Å². The zero-order valence-corrected chi connectivity index (χ0v) is 44.3. The Morgan fingerprint density at radius 2 is 1.00 bits per heavy atom. The Balaban J connectivity index is 2.91. The molecule has 0 spiro atoms. The van der Waals surface area contributed by atoms with Crippen molar-refractivity contribution in [3.8, 4) is 0 Å². The lowest BCUT2D eigenvalue weighted by molar-refractivity contribution is -0.171. The van der Waals surface area contributed by atoms with E-state index in [9.17, 15) is 29.1 Å². The van der Waals surface area contributed by atoms with Crippen LogP contribution in [0, 0.1) is 17.3 Å². The molecule has 12 heteroatoms. The molecule has 0 fully saturated rings. The van der Waals surface area contributed by atoms with Crippen molar-refractivity contribution < 1.29 is 48.0 Å². The van der Waals surface area contributed by atoms with Gasteiger partial charge in [-0.25, -0.2) is 0 Å². The number of aliphatic hydroxyl groups is 1. The number of nitrogens with zero attached hydrogens (tertiary/aromatic N) is 1. The highest BCUT2D eigenvalue weighted by molar-refractivity contribution is 5.82. The van der Waals surface area contributed by atoms with E-state index in [1.165, 1.54) is 44.1 Å². The van der Waals surface area contributed by atoms with E-state index in [-0.39, 0.29) is 63.0 Å². The largest absolute Gasteiger partial charge is 0.465 e. The normalized spacial score (nSPS) is 13.4. The first-order chi connectivity index (χ1) is 32.7. The van der Waals surface area contributed by atoms with Gasteiger partial charge in [0.05, 0.1) is 24.9 Å². The van der Waals surface area contributed by atoms with Gasteiger partial charge in [-0.15, -0.1) is 0 Å². The molecule has 1 rings (SSSR count). The van der Waals surface area contributed by atoms with Gasteiger partial charge in [-0.2, -0.15) is 0 Å². The van der Waals surface area contributed by atoms with E-state index in [2.05, 4.69) is 37.9 Å². The third-order valence-corrected chi connectivity index (χ3v) is 12.8. The molecule has 3 unspecified atom stereocenters. The molecule has 0 saturated heterocycles. The fraction of sp³-hybridized carbons (Fsp3) is 0.804. The summed E-state index contributed by atoms with van der Waals surface area (Å²) in [7, 11) is 4.02. The number of esters is 4. The minimum Gasteiger partial charge on any atom is -0.465 e. The number of benzene rings is 1. The van der Waals surface area contributed by atoms with Crippen molar-refractivity contribution in [2.24, 2.45) is 17.3 Å². The standard InChI is InChI=1S/C56H98N2O10/c1-9-13-17-21-23-27-30-47(29-25-19-15-11-3)54(63)66-43-49(68-55(64)48(31-26-20-16-12-4)32-28-24-22-18-14-10-2)42-65-51(60)39-40-57-53(62)52(61)56(5,6)44-67-50(59)38-37-45-33-35-46(36-34-45)41-58(7)8/h33-36,47-49,52,61H,9-32,37-44H2,1-8H3,(H,57,62)/t47?,48?,49?,52-/m0/s1. The van der Waals surface area contributed by atoms with Gasteiger partial charge in [0.15, 0.2) is 6.10 Å². The highest BCUT2D eigenvalue weighted by atomic mass is 16.6. The molecule has 1 amide bonds. The van der Waals surface area contributed by atoms with Crippen molar-refractivity contribution in [1.29, 1.82) is 0 Å². The number of rotatable bonds is 43. The minimum absolute atomic E-state index is 0.117. The van der Waals surface area contributed by atoms with Crippen molar-refractivity contribution in [2.45, 2.75) is 234 Å². The zero-order chi connectivity index (χ0) is 50.4. The molecule has 68 heavy (non-hydrogen) atoms. The first-order valence-corrected chi connectivity index (χ1v) is 27.0. The zero-order valence-electron chi connectivity index (χ0n) is 44.3. The average Bonchev–Trinajstić information content (AvgIpc) is 3.31. The molecule has 12 nitrogen and oxygen atoms in total. The molecular weight excluding hydrogens is 861 g/mol. The Morgan fingerprint density at radius 3 is 1.50 bits per heavy atom. The number of aliphatic hydroxyl groups excluding tert-OH is 1. The molecule has 2 N–H and O–H groups in total. The summed E-state index contributed by atoms with van der Waals surface area (Å²) >= 11 is 0. The van der Waals surface area contributed by atoms with E-state index < -0.39 is 35.5 Å². The van der Waals surface area contributed by atoms with Crippen molar-refractivity contribution >= 4 is 29.8 Å². The van der Waals surface area contributed by atoms with Gasteiger partial charge in [-0.3, -0.25) is 24.0 Å². The molecule has 0 aromatic heterocycles. The number of carbonyl (C=O) groups excluding carboxylic acids is 5. The van der Waals surface area contributed by atoms with Crippen LogP contribution in [0.2, 0.25) is 0 Å². The number of carbonyl (C=O) groups is 5. The fourth-order valence-electron chi connectivity index (χ4n) is 8.24. The highest BCUT2D eigenvalue weighted by Gasteiger charge is 2.35. The summed E-state index contributed by atoms with van der Waals surface area (Å²) in [5, 5.41) is 13.5. The van der Waals surface area contributed by atoms with Crippen LogP contribution < -0.4 is 5.32 Å². The van der Waals surface area contributed by atoms with Crippen LogP contribution in [-0.2, 0) is 55.9 Å². The summed E-state index contributed by atoms with van der Waals surface area (Å²) in [4.78, 5) is 68.2. The third-order valence-electron chi connectivity index (χ3n) is 12.8. The van der Waals surface area contributed by atoms with E-state index in [0.717, 1.165) is 128 Å². The van der Waals surface area contributed by atoms with Gasteiger partial charge in [0.1, 0.15) is 19.3 Å². The molecule has 0 radical (unpaired) electrons. The van der Waals surface area contributed by atoms with Gasteiger partial charge >= 0.3 is 23.9 Å². The van der Waals surface area contributed by atoms with Crippen LogP contribution in [-0.4, -0.2) is 92.5 Å². The van der Waals surface area contributed by atoms with Gasteiger partial charge < -0.3 is 34.3 Å². The lowest BCUT2D eigenvalue weighted by Gasteiger charge is -2.29. The second-order valence-electron chi connectivity index (χ2n) is 20.2. The Labute approximate surface area is 413 Å². The predicted molar refractivity (Wildman–Crippen MR) is 273 cm³/mol. The van der Waals surface area contributed by atoms with Crippen LogP contribution in [0.15, 0.2) is 24.3 Å². The first-order valence-electron chi connectivity index (χ1n) is 27.0. The number of unbranched alkanes of at least 4 members (excludes halogenated alkanes) is 16. The van der Waals surface area contributed by atoms with Gasteiger partial charge in [0, 0.05) is 24.9 Å². The first kappa shape index (κ1) is 62.5. The molecule has 1 aromatic carbocycles. The van der Waals surface area contributed by atoms with Crippen molar-refractivity contribution in [3.63, 3.8) is 0 Å². The van der Waals surface area contributed by atoms with Crippen LogP contribution in [0.5, 0.6) is 0 Å². The molecular formula is C56H98N2O10. The number of hydrogen-bond donors (Lipinski definition) is 2. The van der Waals surface area contributed by atoms with Crippen molar-refractivity contribution in [1.82, 2.24) is 10.2 Å². The van der Waals surface area contributed by atoms with E-state index in [0.29, 0.717) is 6.42 Å². The average molecular weight is 959 g/mol. The van der Waals surface area contributed by atoms with Crippen LogP contribution in [0.25, 0.3) is 0 Å². The molecule has 392 valence electrons. The van der Waals surface area contributed by atoms with Crippen LogP contribution in [0.1, 0.15) is 220 Å². The molecule has 0 aliphatic carbocycles. The molecule has 0 saturated carbocycles. The Bertz CT molecular complexity index is 1480. The van der Waals surface area contributed by atoms with Gasteiger partial charge in [-0.05, 0) is 57.3 Å². The lowest BCUT2D eigenvalue weighted by Crippen LogP contribution is -2.46. The quantitative estimate of drug-likeness (QED) is 0.0365. The lowest BCUT2D eigenvalue weighted by atomic mass is 9.87. The number of nitrogens with one attached hydrogen (secondary N) is 1. The van der Waals surface area contributed by atoms with Crippen molar-refractivity contribution in [2.75, 3.05) is 40.5 Å². The van der Waals surface area contributed by atoms with Gasteiger partial charge in [-0.1, -0.05) is 194 Å². The summed E-state index contributed by atoms with van der Waals surface area (Å²) in [5.41, 5.74) is 1.09. The molecule has 1 aromatic rings. The summed E-state index contributed by atoms with van der Waals surface area (Å²) in [6.45, 7) is 12.0. The summed E-state index contributed by atoms with van der Waals surface area (Å²) in [5.74, 6) is -2.98. The Morgan fingerprint density at radius 1 is 0.574 bits per heavy atom. The molecule has 0 heterocycles. The van der Waals surface area contributed by atoms with E-state index in [1.54, 1.807) is 13.8 Å². The van der Waals surface area contributed by atoms with Gasteiger partial charge in [0.2, 0.25) is 5.91 Å². The Hall–Kier alpha value is -3.51. The number of amides is 1. The second-order valence-corrected chi connectivity index (χ2v) is 20.2. The summed E-state index contributed by atoms with van der Waals surface area (Å²) < 4.78 is 23.0. The van der Waals surface area contributed by atoms with Crippen LogP contribution in [0.3, 0.4) is 0 Å².